The van der Waals surface area contributed by atoms with Crippen LogP contribution in [0.2, 0.25) is 0 Å². The van der Waals surface area contributed by atoms with Gasteiger partial charge in [-0.1, -0.05) is 124 Å². The van der Waals surface area contributed by atoms with Crippen molar-refractivity contribution < 1.29 is 4.42 Å². The van der Waals surface area contributed by atoms with Crippen LogP contribution in [-0.4, -0.2) is 64.1 Å². The maximum atomic E-state index is 6.48. The lowest BCUT2D eigenvalue weighted by atomic mass is 9.64. The molecule has 0 fully saturated rings. The monoisotopic (exact) mass is 734 g/mol. The molecular weight excluding hydrogens is 696 g/mol. The fourth-order valence-electron chi connectivity index (χ4n) is 10.2. The average molecular weight is 734 g/mol. The van der Waals surface area contributed by atoms with Crippen molar-refractivity contribution in [3.8, 4) is 33.6 Å². The molecule has 0 N–H and O–H groups in total. The van der Waals surface area contributed by atoms with Crippen LogP contribution in [0.1, 0.15) is 0 Å². The number of aromatic nitrogens is 2. The molecule has 0 radical (unpaired) electrons. The Labute approximate surface area is 343 Å². The molecular formula is C48H37B7N2O. The zero-order chi connectivity index (χ0) is 39.6. The first-order valence-electron chi connectivity index (χ1n) is 20.4. The van der Waals surface area contributed by atoms with Crippen LogP contribution in [0.5, 0.6) is 0 Å². The number of benzene rings is 8. The van der Waals surface area contributed by atoms with Crippen LogP contribution in [0.25, 0.3) is 99.2 Å². The van der Waals surface area contributed by atoms with Crippen LogP contribution in [0.15, 0.2) is 144 Å². The van der Waals surface area contributed by atoms with Crippen LogP contribution in [0.3, 0.4) is 0 Å². The van der Waals surface area contributed by atoms with Crippen molar-refractivity contribution in [2.24, 2.45) is 0 Å². The molecule has 0 saturated heterocycles. The van der Waals surface area contributed by atoms with Gasteiger partial charge in [0.2, 0.25) is 0 Å². The third-order valence-electron chi connectivity index (χ3n) is 13.4. The zero-order valence-electron chi connectivity index (χ0n) is 34.1. The summed E-state index contributed by atoms with van der Waals surface area (Å²) in [5, 5.41) is 7.48. The summed E-state index contributed by atoms with van der Waals surface area (Å²) < 4.78 is 11.5. The molecule has 3 heterocycles. The second kappa shape index (κ2) is 12.8. The fourth-order valence-corrected chi connectivity index (χ4v) is 10.2. The van der Waals surface area contributed by atoms with Gasteiger partial charge in [-0.3, -0.25) is 0 Å². The second-order valence-electron chi connectivity index (χ2n) is 16.3. The Morgan fingerprint density at radius 3 is 1.78 bits per heavy atom. The van der Waals surface area contributed by atoms with Gasteiger partial charge in [-0.05, 0) is 64.5 Å². The van der Waals surface area contributed by atoms with Gasteiger partial charge in [0.15, 0.2) is 0 Å². The second-order valence-corrected chi connectivity index (χ2v) is 16.3. The molecule has 0 aliphatic rings. The number of hydrogen-bond donors (Lipinski definition) is 0. The summed E-state index contributed by atoms with van der Waals surface area (Å²) >= 11 is 0. The van der Waals surface area contributed by atoms with Gasteiger partial charge in [0.25, 0.3) is 0 Å². The van der Waals surface area contributed by atoms with Gasteiger partial charge in [0, 0.05) is 61.0 Å². The minimum absolute atomic E-state index is 0.910. The van der Waals surface area contributed by atoms with Crippen molar-refractivity contribution in [2.45, 2.75) is 0 Å². The zero-order valence-corrected chi connectivity index (χ0v) is 34.1. The van der Waals surface area contributed by atoms with Crippen molar-refractivity contribution in [1.82, 2.24) is 9.13 Å². The third-order valence-corrected chi connectivity index (χ3v) is 13.4. The predicted octanol–water partition coefficient (Wildman–Crippen LogP) is 0.923. The van der Waals surface area contributed by atoms with E-state index in [1.54, 1.807) is 0 Å². The summed E-state index contributed by atoms with van der Waals surface area (Å²) in [6, 6.07) is 50.6. The third kappa shape index (κ3) is 4.78. The van der Waals surface area contributed by atoms with Gasteiger partial charge in [0.05, 0.1) is 11.0 Å². The molecule has 0 bridgehead atoms. The highest BCUT2D eigenvalue weighted by Crippen LogP contribution is 2.40. The Bertz CT molecular complexity index is 3530. The van der Waals surface area contributed by atoms with Crippen LogP contribution in [0.4, 0.5) is 0 Å². The number of hydrogen-bond acceptors (Lipinski definition) is 1. The minimum Gasteiger partial charge on any atom is -0.456 e. The fraction of sp³-hybridized carbons (Fsp3) is 0. The summed E-state index contributed by atoms with van der Waals surface area (Å²) in [7, 11) is 16.2. The van der Waals surface area contributed by atoms with Crippen LogP contribution >= 0.6 is 0 Å². The van der Waals surface area contributed by atoms with Crippen LogP contribution < -0.4 is 38.2 Å². The lowest BCUT2D eigenvalue weighted by Gasteiger charge is -2.19. The average Bonchev–Trinajstić information content (AvgIpc) is 3.93. The molecule has 0 saturated carbocycles. The predicted molar refractivity (Wildman–Crippen MR) is 271 cm³/mol. The largest absolute Gasteiger partial charge is 0.456 e. The number of rotatable bonds is 4. The number of nitrogens with zero attached hydrogens (tertiary/aromatic N) is 2. The highest BCUT2D eigenvalue weighted by atomic mass is 16.3. The van der Waals surface area contributed by atoms with E-state index in [1.807, 2.05) is 6.07 Å². The number of para-hydroxylation sites is 3. The molecule has 0 aliphatic carbocycles. The molecule has 266 valence electrons. The van der Waals surface area contributed by atoms with E-state index in [2.05, 4.69) is 198 Å². The summed E-state index contributed by atoms with van der Waals surface area (Å²) in [5.41, 5.74) is 23.4. The topological polar surface area (TPSA) is 23.0 Å². The Kier molecular flexibility index (Phi) is 7.69. The molecule has 0 amide bonds. The first kappa shape index (κ1) is 34.8. The SMILES string of the molecule is Bc1c(B)c(B)c2c(c1B)c1c(B)c(-c3ccc4c(c3)c3cccc(-c5ccccc5)c3n4-c3ccccc3)c(B)c(B)c1n2-c1ccc2c(c1)oc1ccccc12. The normalized spacial score (nSPS) is 11.9. The van der Waals surface area contributed by atoms with E-state index in [0.29, 0.717) is 0 Å². The van der Waals surface area contributed by atoms with Gasteiger partial charge >= 0.3 is 0 Å². The lowest BCUT2D eigenvalue weighted by molar-refractivity contribution is 0.668. The molecule has 0 aliphatic heterocycles. The molecule has 8 aromatic carbocycles. The molecule has 11 aromatic rings. The van der Waals surface area contributed by atoms with Gasteiger partial charge in [-0.2, -0.15) is 0 Å². The number of furan rings is 1. The Morgan fingerprint density at radius 1 is 0.362 bits per heavy atom. The van der Waals surface area contributed by atoms with Gasteiger partial charge < -0.3 is 13.6 Å². The van der Waals surface area contributed by atoms with E-state index >= 15 is 0 Å². The maximum Gasteiger partial charge on any atom is 0.141 e. The van der Waals surface area contributed by atoms with Crippen molar-refractivity contribution in [3.63, 3.8) is 0 Å². The van der Waals surface area contributed by atoms with Crippen molar-refractivity contribution >= 4 is 159 Å². The first-order chi connectivity index (χ1) is 28.2. The summed E-state index contributed by atoms with van der Waals surface area (Å²) in [4.78, 5) is 0. The Balaban J connectivity index is 1.22. The lowest BCUT2D eigenvalue weighted by Crippen LogP contribution is -2.48. The molecule has 0 atom stereocenters. The smallest absolute Gasteiger partial charge is 0.141 e. The molecule has 58 heavy (non-hydrogen) atoms. The molecule has 3 nitrogen and oxygen atoms in total. The minimum atomic E-state index is 0.910. The maximum absolute atomic E-state index is 6.48. The molecule has 11 rings (SSSR count). The van der Waals surface area contributed by atoms with E-state index in [0.717, 1.165) is 33.3 Å². The van der Waals surface area contributed by atoms with Gasteiger partial charge in [0.1, 0.15) is 66.1 Å². The first-order valence-corrected chi connectivity index (χ1v) is 20.4. The van der Waals surface area contributed by atoms with Crippen molar-refractivity contribution in [3.05, 3.63) is 140 Å². The van der Waals surface area contributed by atoms with Crippen LogP contribution in [-0.2, 0) is 0 Å². The van der Waals surface area contributed by atoms with E-state index < -0.39 is 0 Å². The summed E-state index contributed by atoms with van der Waals surface area (Å²) in [6.45, 7) is 0. The van der Waals surface area contributed by atoms with E-state index in [9.17, 15) is 0 Å². The summed E-state index contributed by atoms with van der Waals surface area (Å²) in [6.07, 6.45) is 0. The molecule has 10 heteroatoms. The molecule has 0 spiro atoms. The van der Waals surface area contributed by atoms with Crippen LogP contribution in [0, 0.1) is 0 Å². The summed E-state index contributed by atoms with van der Waals surface area (Å²) in [5.74, 6) is 0. The highest BCUT2D eigenvalue weighted by Gasteiger charge is 2.26. The van der Waals surface area contributed by atoms with Crippen molar-refractivity contribution in [2.75, 3.05) is 0 Å². The Hall–Kier alpha value is -6.39. The molecule has 0 unspecified atom stereocenters. The molecule has 3 aromatic heterocycles. The van der Waals surface area contributed by atoms with E-state index in [4.69, 9.17) is 4.42 Å². The van der Waals surface area contributed by atoms with Gasteiger partial charge in [-0.15, -0.1) is 5.46 Å². The standard InChI is InChI=1S/C48H37B7N2O/c49-39-36(25-18-21-33-32(22-25)31-16-9-15-28(24-10-3-1-4-11-24)46(31)56(33)26-12-5-2-6-13-26)40(50)44(54)47-37(39)38-41(51)42(52)43(53)45(55)48(38)57(47)27-19-20-30-29-14-7-8-17-34(29)58-35(30)23-27/h1-23H,49-55H2. The Morgan fingerprint density at radius 2 is 1.00 bits per heavy atom. The highest BCUT2D eigenvalue weighted by molar-refractivity contribution is 6.69. The van der Waals surface area contributed by atoms with E-state index in [1.165, 1.54) is 104 Å². The quantitative estimate of drug-likeness (QED) is 0.247. The van der Waals surface area contributed by atoms with E-state index in [-0.39, 0.29) is 0 Å². The van der Waals surface area contributed by atoms with Gasteiger partial charge in [-0.25, -0.2) is 0 Å². The van der Waals surface area contributed by atoms with Crippen molar-refractivity contribution in [1.29, 1.82) is 0 Å². The number of fused-ring (bicyclic) bond motifs is 9.